The van der Waals surface area contributed by atoms with Crippen molar-refractivity contribution in [2.75, 3.05) is 26.7 Å². The van der Waals surface area contributed by atoms with E-state index in [0.29, 0.717) is 19.6 Å². The van der Waals surface area contributed by atoms with Crippen LogP contribution in [0.1, 0.15) is 29.3 Å². The first-order chi connectivity index (χ1) is 10.3. The molecule has 0 saturated carbocycles. The number of aromatic carboxylic acids is 1. The molecule has 0 amide bonds. The molecular weight excluding hydrogens is 304 g/mol. The molecule has 1 aliphatic rings. The SMILES string of the molecule is CCN(C)S(=O)(=O)N1CCC(Cc2ccc(C(=O)O)cc2)C1. The molecule has 7 heteroatoms. The van der Waals surface area contributed by atoms with Crippen LogP contribution in [0, 0.1) is 5.92 Å². The summed E-state index contributed by atoms with van der Waals surface area (Å²) < 4.78 is 27.4. The van der Waals surface area contributed by atoms with E-state index in [9.17, 15) is 13.2 Å². The van der Waals surface area contributed by atoms with Gasteiger partial charge in [-0.25, -0.2) is 4.79 Å². The standard InChI is InChI=1S/C15H22N2O4S/c1-3-16(2)22(20,21)17-9-8-13(11-17)10-12-4-6-14(7-5-12)15(18)19/h4-7,13H,3,8-11H2,1-2H3,(H,18,19). The number of carbonyl (C=O) groups is 1. The molecule has 1 aliphatic heterocycles. The summed E-state index contributed by atoms with van der Waals surface area (Å²) >= 11 is 0. The lowest BCUT2D eigenvalue weighted by molar-refractivity contribution is 0.0697. The van der Waals surface area contributed by atoms with Crippen LogP contribution in [0.25, 0.3) is 0 Å². The van der Waals surface area contributed by atoms with E-state index in [4.69, 9.17) is 5.11 Å². The maximum atomic E-state index is 12.3. The average molecular weight is 326 g/mol. The van der Waals surface area contributed by atoms with E-state index in [1.54, 1.807) is 31.3 Å². The van der Waals surface area contributed by atoms with Gasteiger partial charge in [0.05, 0.1) is 5.56 Å². The highest BCUT2D eigenvalue weighted by Crippen LogP contribution is 2.24. The van der Waals surface area contributed by atoms with Gasteiger partial charge in [-0.15, -0.1) is 0 Å². The van der Waals surface area contributed by atoms with Crippen LogP contribution < -0.4 is 0 Å². The van der Waals surface area contributed by atoms with Gasteiger partial charge in [-0.1, -0.05) is 19.1 Å². The zero-order valence-corrected chi connectivity index (χ0v) is 13.7. The Balaban J connectivity index is 1.98. The predicted molar refractivity (Wildman–Crippen MR) is 84.0 cm³/mol. The molecule has 1 N–H and O–H groups in total. The van der Waals surface area contributed by atoms with Crippen molar-refractivity contribution in [3.05, 3.63) is 35.4 Å². The van der Waals surface area contributed by atoms with Gasteiger partial charge in [0, 0.05) is 26.7 Å². The van der Waals surface area contributed by atoms with Crippen LogP contribution in [0.5, 0.6) is 0 Å². The fraction of sp³-hybridized carbons (Fsp3) is 0.533. The van der Waals surface area contributed by atoms with Gasteiger partial charge in [-0.2, -0.15) is 17.0 Å². The minimum absolute atomic E-state index is 0.268. The first kappa shape index (κ1) is 16.9. The van der Waals surface area contributed by atoms with Crippen molar-refractivity contribution in [1.82, 2.24) is 8.61 Å². The molecule has 0 aliphatic carbocycles. The second-order valence-corrected chi connectivity index (χ2v) is 7.68. The molecule has 1 aromatic carbocycles. The first-order valence-corrected chi connectivity index (χ1v) is 8.78. The molecule has 0 aromatic heterocycles. The summed E-state index contributed by atoms with van der Waals surface area (Å²) in [5.41, 5.74) is 1.31. The lowest BCUT2D eigenvalue weighted by atomic mass is 9.98. The van der Waals surface area contributed by atoms with E-state index in [1.165, 1.54) is 8.61 Å². The normalized spacial score (nSPS) is 19.7. The Morgan fingerprint density at radius 2 is 2.00 bits per heavy atom. The molecule has 1 atom stereocenters. The highest BCUT2D eigenvalue weighted by atomic mass is 32.2. The van der Waals surface area contributed by atoms with Gasteiger partial charge in [0.2, 0.25) is 0 Å². The largest absolute Gasteiger partial charge is 0.478 e. The second-order valence-electron chi connectivity index (χ2n) is 5.64. The van der Waals surface area contributed by atoms with Crippen LogP contribution in [-0.4, -0.2) is 54.8 Å². The molecule has 22 heavy (non-hydrogen) atoms. The molecule has 2 rings (SSSR count). The Bertz CT molecular complexity index is 627. The maximum Gasteiger partial charge on any atom is 0.335 e. The van der Waals surface area contributed by atoms with Gasteiger partial charge in [-0.3, -0.25) is 0 Å². The number of carboxylic acid groups (broad SMARTS) is 1. The summed E-state index contributed by atoms with van der Waals surface area (Å²) in [5, 5.41) is 8.88. The van der Waals surface area contributed by atoms with E-state index in [-0.39, 0.29) is 11.5 Å². The fourth-order valence-corrected chi connectivity index (χ4v) is 4.11. The number of carboxylic acids is 1. The topological polar surface area (TPSA) is 77.9 Å². The molecule has 0 spiro atoms. The summed E-state index contributed by atoms with van der Waals surface area (Å²) in [6, 6.07) is 6.79. The summed E-state index contributed by atoms with van der Waals surface area (Å²) in [6.45, 7) is 3.34. The van der Waals surface area contributed by atoms with Crippen LogP contribution in [0.4, 0.5) is 0 Å². The van der Waals surface area contributed by atoms with Crippen molar-refractivity contribution >= 4 is 16.2 Å². The van der Waals surface area contributed by atoms with Gasteiger partial charge in [-0.05, 0) is 36.5 Å². The monoisotopic (exact) mass is 326 g/mol. The van der Waals surface area contributed by atoms with Gasteiger partial charge < -0.3 is 5.11 Å². The fourth-order valence-electron chi connectivity index (χ4n) is 2.65. The zero-order chi connectivity index (χ0) is 16.3. The molecule has 1 fully saturated rings. The predicted octanol–water partition coefficient (Wildman–Crippen LogP) is 1.45. The number of hydrogen-bond acceptors (Lipinski definition) is 3. The van der Waals surface area contributed by atoms with Gasteiger partial charge in [0.1, 0.15) is 0 Å². The Labute approximate surface area is 131 Å². The smallest absolute Gasteiger partial charge is 0.335 e. The molecule has 1 heterocycles. The number of hydrogen-bond donors (Lipinski definition) is 1. The Morgan fingerprint density at radius 1 is 1.36 bits per heavy atom. The van der Waals surface area contributed by atoms with Crippen LogP contribution in [0.3, 0.4) is 0 Å². The summed E-state index contributed by atoms with van der Waals surface area (Å²) in [6.07, 6.45) is 1.60. The summed E-state index contributed by atoms with van der Waals surface area (Å²) in [7, 11) is -1.75. The highest BCUT2D eigenvalue weighted by Gasteiger charge is 2.33. The van der Waals surface area contributed by atoms with Crippen LogP contribution >= 0.6 is 0 Å². The summed E-state index contributed by atoms with van der Waals surface area (Å²) in [4.78, 5) is 10.8. The van der Waals surface area contributed by atoms with E-state index in [0.717, 1.165) is 18.4 Å². The maximum absolute atomic E-state index is 12.3. The molecular formula is C15H22N2O4S. The van der Waals surface area contributed by atoms with E-state index >= 15 is 0 Å². The van der Waals surface area contributed by atoms with E-state index in [1.807, 2.05) is 6.92 Å². The quantitative estimate of drug-likeness (QED) is 0.858. The van der Waals surface area contributed by atoms with Gasteiger partial charge >= 0.3 is 5.97 Å². The number of benzene rings is 1. The third-order valence-corrected chi connectivity index (χ3v) is 6.17. The van der Waals surface area contributed by atoms with E-state index in [2.05, 4.69) is 0 Å². The van der Waals surface area contributed by atoms with Crippen molar-refractivity contribution in [1.29, 1.82) is 0 Å². The Kier molecular flexibility index (Phi) is 5.20. The zero-order valence-electron chi connectivity index (χ0n) is 12.9. The molecule has 0 bridgehead atoms. The van der Waals surface area contributed by atoms with Crippen LogP contribution in [0.2, 0.25) is 0 Å². The van der Waals surface area contributed by atoms with E-state index < -0.39 is 16.2 Å². The molecule has 122 valence electrons. The third kappa shape index (κ3) is 3.66. The average Bonchev–Trinajstić information content (AvgIpc) is 2.96. The minimum Gasteiger partial charge on any atom is -0.478 e. The lowest BCUT2D eigenvalue weighted by Gasteiger charge is -2.23. The molecule has 1 unspecified atom stereocenters. The highest BCUT2D eigenvalue weighted by molar-refractivity contribution is 7.86. The van der Waals surface area contributed by atoms with Crippen molar-refractivity contribution in [3.8, 4) is 0 Å². The third-order valence-electron chi connectivity index (χ3n) is 4.14. The van der Waals surface area contributed by atoms with Gasteiger partial charge in [0.15, 0.2) is 0 Å². The molecule has 0 radical (unpaired) electrons. The lowest BCUT2D eigenvalue weighted by Crippen LogP contribution is -2.40. The number of nitrogens with zero attached hydrogens (tertiary/aromatic N) is 2. The minimum atomic E-state index is -3.34. The molecule has 1 saturated heterocycles. The molecule has 1 aromatic rings. The first-order valence-electron chi connectivity index (χ1n) is 7.38. The molecule has 6 nitrogen and oxygen atoms in total. The van der Waals surface area contributed by atoms with Crippen molar-refractivity contribution in [2.45, 2.75) is 19.8 Å². The number of rotatable bonds is 6. The van der Waals surface area contributed by atoms with Crippen molar-refractivity contribution in [3.63, 3.8) is 0 Å². The van der Waals surface area contributed by atoms with Crippen molar-refractivity contribution in [2.24, 2.45) is 5.92 Å². The Morgan fingerprint density at radius 3 is 2.55 bits per heavy atom. The Hall–Kier alpha value is -1.44. The van der Waals surface area contributed by atoms with Crippen LogP contribution in [-0.2, 0) is 16.6 Å². The van der Waals surface area contributed by atoms with Crippen molar-refractivity contribution < 1.29 is 18.3 Å². The summed E-state index contributed by atoms with van der Waals surface area (Å²) in [5.74, 6) is -0.664. The second kappa shape index (κ2) is 6.76. The van der Waals surface area contributed by atoms with Gasteiger partial charge in [0.25, 0.3) is 10.2 Å². The van der Waals surface area contributed by atoms with Crippen LogP contribution in [0.15, 0.2) is 24.3 Å².